The van der Waals surface area contributed by atoms with Crippen LogP contribution in [0.1, 0.15) is 23.1 Å². The van der Waals surface area contributed by atoms with E-state index in [1.807, 2.05) is 0 Å². The van der Waals surface area contributed by atoms with E-state index in [0.717, 1.165) is 0 Å². The Labute approximate surface area is 271 Å². The molecule has 0 spiro atoms. The van der Waals surface area contributed by atoms with E-state index in [2.05, 4.69) is 0 Å². The predicted octanol–water partition coefficient (Wildman–Crippen LogP) is 4.81. The summed E-state index contributed by atoms with van der Waals surface area (Å²) in [5, 5.41) is 0.420. The van der Waals surface area contributed by atoms with E-state index in [1.165, 1.54) is 87.7 Å². The Morgan fingerprint density at radius 1 is 1.00 bits per heavy atom. The quantitative estimate of drug-likeness (QED) is 0.334. The Morgan fingerprint density at radius 3 is 2.31 bits per heavy atom. The topological polar surface area (TPSA) is 106 Å². The van der Waals surface area contributed by atoms with E-state index >= 15 is 9.18 Å². The fraction of sp³-hybridized carbons (Fsp3) is 0.355. The molecule has 3 atom stereocenters. The number of carbonyl (C=O) groups excluding carboxylic acids is 2. The summed E-state index contributed by atoms with van der Waals surface area (Å²) in [4.78, 5) is 31.4. The number of halogens is 3. The summed E-state index contributed by atoms with van der Waals surface area (Å²) in [7, 11) is 2.41. The van der Waals surface area contributed by atoms with Gasteiger partial charge >= 0.3 is 0 Å². The molecule has 1 saturated heterocycles. The Balaban J connectivity index is 1.92. The predicted molar refractivity (Wildman–Crippen MR) is 168 cm³/mol. The molecular weight excluding hydrogens is 648 g/mol. The summed E-state index contributed by atoms with van der Waals surface area (Å²) in [5.74, 6) is -1.04. The van der Waals surface area contributed by atoms with Crippen molar-refractivity contribution in [2.45, 2.75) is 36.0 Å². The molecule has 0 radical (unpaired) electrons. The highest BCUT2D eigenvalue weighted by Crippen LogP contribution is 2.57. The molecule has 0 aromatic heterocycles. The molecule has 0 saturated carbocycles. The number of methoxy groups -OCH3 is 3. The average Bonchev–Trinajstić information content (AvgIpc) is 3.53. The highest BCUT2D eigenvalue weighted by atomic mass is 35.5. The van der Waals surface area contributed by atoms with Crippen LogP contribution in [0, 0.1) is 6.92 Å². The van der Waals surface area contributed by atoms with Gasteiger partial charge in [0, 0.05) is 54.3 Å². The largest absolute Gasteiger partial charge is 0.497 e. The second-order valence-corrected chi connectivity index (χ2v) is 13.5. The molecule has 1 unspecified atom stereocenters. The van der Waals surface area contributed by atoms with Crippen molar-refractivity contribution in [1.29, 1.82) is 0 Å². The standard InChI is InChI=1S/C31H32Cl2FN3O7S/c1-17-22(33)9-10-23-28(17)31(21-13-18(32)7-11-25(21)43-5,36-16-19(34)14-24(36)29(38)35(2)3)30(39)37(23)45(40,41)27-12-8-20(42-4)15-26(27)44-6/h7-13,15,19,24H,14,16H2,1-6H3/t19-,24+,31?/m1/s1. The van der Waals surface area contributed by atoms with Crippen LogP contribution < -0.4 is 18.5 Å². The number of amides is 2. The van der Waals surface area contributed by atoms with Gasteiger partial charge < -0.3 is 19.1 Å². The maximum Gasteiger partial charge on any atom is 0.274 e. The van der Waals surface area contributed by atoms with Crippen molar-refractivity contribution in [3.05, 3.63) is 75.3 Å². The van der Waals surface area contributed by atoms with E-state index in [0.29, 0.717) is 15.6 Å². The lowest BCUT2D eigenvalue weighted by molar-refractivity contribution is -0.138. The third-order valence-electron chi connectivity index (χ3n) is 8.30. The van der Waals surface area contributed by atoms with E-state index in [9.17, 15) is 13.2 Å². The van der Waals surface area contributed by atoms with Crippen LogP contribution in [-0.4, -0.2) is 84.2 Å². The Bertz CT molecular complexity index is 1810. The first kappa shape index (κ1) is 32.8. The monoisotopic (exact) mass is 679 g/mol. The molecule has 2 amide bonds. The number of alkyl halides is 1. The Kier molecular flexibility index (Phi) is 8.73. The maximum absolute atomic E-state index is 15.5. The third-order valence-corrected chi connectivity index (χ3v) is 10.7. The van der Waals surface area contributed by atoms with Gasteiger partial charge in [0.2, 0.25) is 5.91 Å². The zero-order chi connectivity index (χ0) is 33.0. The van der Waals surface area contributed by atoms with Gasteiger partial charge in [-0.15, -0.1) is 0 Å². The van der Waals surface area contributed by atoms with E-state index in [-0.39, 0.29) is 56.2 Å². The van der Waals surface area contributed by atoms with Gasteiger partial charge in [-0.3, -0.25) is 14.5 Å². The van der Waals surface area contributed by atoms with Crippen LogP contribution in [0.3, 0.4) is 0 Å². The molecule has 14 heteroatoms. The van der Waals surface area contributed by atoms with Crippen LogP contribution in [0.25, 0.3) is 0 Å². The summed E-state index contributed by atoms with van der Waals surface area (Å²) < 4.78 is 61.9. The second-order valence-electron chi connectivity index (χ2n) is 10.9. The zero-order valence-electron chi connectivity index (χ0n) is 25.4. The third kappa shape index (κ3) is 4.98. The van der Waals surface area contributed by atoms with Gasteiger partial charge in [-0.1, -0.05) is 23.2 Å². The number of sulfonamides is 1. The number of benzene rings is 3. The molecule has 3 aromatic carbocycles. The highest BCUT2D eigenvalue weighted by molar-refractivity contribution is 7.93. The fourth-order valence-corrected chi connectivity index (χ4v) is 8.23. The van der Waals surface area contributed by atoms with Crippen molar-refractivity contribution in [2.75, 3.05) is 46.3 Å². The van der Waals surface area contributed by atoms with Crippen molar-refractivity contribution >= 4 is 50.7 Å². The van der Waals surface area contributed by atoms with Crippen molar-refractivity contribution < 1.29 is 36.6 Å². The number of carbonyl (C=O) groups is 2. The van der Waals surface area contributed by atoms with Gasteiger partial charge in [0.15, 0.2) is 5.54 Å². The minimum atomic E-state index is -4.73. The van der Waals surface area contributed by atoms with Crippen LogP contribution in [0.15, 0.2) is 53.4 Å². The molecule has 2 aliphatic heterocycles. The molecule has 0 bridgehead atoms. The van der Waals surface area contributed by atoms with Crippen molar-refractivity contribution in [3.63, 3.8) is 0 Å². The van der Waals surface area contributed by atoms with Gasteiger partial charge in [-0.25, -0.2) is 17.1 Å². The molecule has 1 fully saturated rings. The van der Waals surface area contributed by atoms with E-state index in [4.69, 9.17) is 37.4 Å². The number of rotatable bonds is 8. The van der Waals surface area contributed by atoms with Crippen LogP contribution >= 0.6 is 23.2 Å². The zero-order valence-corrected chi connectivity index (χ0v) is 27.8. The Hall–Kier alpha value is -3.58. The number of likely N-dealkylation sites (tertiary alicyclic amines) is 1. The number of ether oxygens (including phenoxy) is 3. The Morgan fingerprint density at radius 2 is 1.69 bits per heavy atom. The molecule has 0 aliphatic carbocycles. The number of nitrogens with zero attached hydrogens (tertiary/aromatic N) is 3. The molecule has 0 N–H and O–H groups in total. The lowest BCUT2D eigenvalue weighted by Gasteiger charge is -2.42. The molecule has 3 aromatic rings. The van der Waals surface area contributed by atoms with Crippen LogP contribution in [-0.2, 0) is 25.2 Å². The number of hydrogen-bond acceptors (Lipinski definition) is 8. The molecule has 45 heavy (non-hydrogen) atoms. The smallest absolute Gasteiger partial charge is 0.274 e. The molecule has 2 aliphatic rings. The normalized spacial score (nSPS) is 21.5. The summed E-state index contributed by atoms with van der Waals surface area (Å²) >= 11 is 13.2. The van der Waals surface area contributed by atoms with E-state index in [1.54, 1.807) is 13.0 Å². The van der Waals surface area contributed by atoms with Crippen molar-refractivity contribution in [3.8, 4) is 17.2 Å². The summed E-state index contributed by atoms with van der Waals surface area (Å²) in [6.07, 6.45) is -1.76. The SMILES string of the molecule is COc1ccc(S(=O)(=O)N2C(=O)C(c3cc(Cl)ccc3OC)(N3C[C@H](F)C[C@H]3C(=O)N(C)C)c3c2ccc(Cl)c3C)c(OC)c1. The van der Waals surface area contributed by atoms with Gasteiger partial charge in [-0.05, 0) is 55.0 Å². The highest BCUT2D eigenvalue weighted by Gasteiger charge is 2.65. The van der Waals surface area contributed by atoms with Gasteiger partial charge in [0.05, 0.1) is 33.1 Å². The number of likely N-dealkylation sites (N-methyl/N-ethyl adjacent to an activating group) is 1. The van der Waals surface area contributed by atoms with Crippen LogP contribution in [0.5, 0.6) is 17.2 Å². The summed E-state index contributed by atoms with van der Waals surface area (Å²) in [6, 6.07) is 10.4. The van der Waals surface area contributed by atoms with Crippen LogP contribution in [0.4, 0.5) is 10.1 Å². The minimum Gasteiger partial charge on any atom is -0.497 e. The molecule has 240 valence electrons. The first-order chi connectivity index (χ1) is 21.2. The van der Waals surface area contributed by atoms with Crippen molar-refractivity contribution in [2.24, 2.45) is 0 Å². The first-order valence-corrected chi connectivity index (χ1v) is 16.0. The number of hydrogen-bond donors (Lipinski definition) is 0. The summed E-state index contributed by atoms with van der Waals surface area (Å²) in [6.45, 7) is 1.26. The van der Waals surface area contributed by atoms with Crippen LogP contribution in [0.2, 0.25) is 10.0 Å². The molecular formula is C31H32Cl2FN3O7S. The number of fused-ring (bicyclic) bond motifs is 1. The molecule has 2 heterocycles. The molecule has 10 nitrogen and oxygen atoms in total. The second kappa shape index (κ2) is 12.0. The lowest BCUT2D eigenvalue weighted by Crippen LogP contribution is -2.59. The van der Waals surface area contributed by atoms with Gasteiger partial charge in [0.1, 0.15) is 28.3 Å². The van der Waals surface area contributed by atoms with Crippen molar-refractivity contribution in [1.82, 2.24) is 9.80 Å². The first-order valence-electron chi connectivity index (χ1n) is 13.8. The fourth-order valence-electron chi connectivity index (χ4n) is 6.31. The minimum absolute atomic E-state index is 0.0276. The maximum atomic E-state index is 15.5. The van der Waals surface area contributed by atoms with Gasteiger partial charge in [-0.2, -0.15) is 0 Å². The van der Waals surface area contributed by atoms with Gasteiger partial charge in [0.25, 0.3) is 15.9 Å². The average molecular weight is 681 g/mol. The number of anilines is 1. The molecule has 5 rings (SSSR count). The van der Waals surface area contributed by atoms with E-state index < -0.39 is 39.6 Å². The lowest BCUT2D eigenvalue weighted by atomic mass is 9.79. The summed E-state index contributed by atoms with van der Waals surface area (Å²) in [5.41, 5.74) is -1.52.